The van der Waals surface area contributed by atoms with E-state index in [0.717, 1.165) is 16.5 Å². The van der Waals surface area contributed by atoms with Crippen LogP contribution in [-0.4, -0.2) is 47.6 Å². The summed E-state index contributed by atoms with van der Waals surface area (Å²) in [5.74, 6) is -0.175. The summed E-state index contributed by atoms with van der Waals surface area (Å²) >= 11 is 0. The third-order valence-electron chi connectivity index (χ3n) is 3.53. The molecule has 0 radical (unpaired) electrons. The first kappa shape index (κ1) is 17.8. The Kier molecular flexibility index (Phi) is 5.17. The molecule has 130 valence electrons. The van der Waals surface area contributed by atoms with Gasteiger partial charge in [0.05, 0.1) is 0 Å². The standard InChI is InChI=1S/C18H25N3O3/c1-18(2,3)24-17(23)20-15(16(22)21(4)5)10-12-11-19-14-9-7-6-8-13(12)14/h6-9,11,15,19H,10H2,1-5H3,(H,20,23)/t15-/m1/s1. The Bertz CT molecular complexity index is 728. The number of nitrogens with one attached hydrogen (secondary N) is 2. The number of benzene rings is 1. The summed E-state index contributed by atoms with van der Waals surface area (Å²) in [5, 5.41) is 3.73. The van der Waals surface area contributed by atoms with E-state index in [1.807, 2.05) is 30.5 Å². The topological polar surface area (TPSA) is 74.4 Å². The number of hydrogen-bond donors (Lipinski definition) is 2. The minimum Gasteiger partial charge on any atom is -0.444 e. The van der Waals surface area contributed by atoms with E-state index in [0.29, 0.717) is 6.42 Å². The van der Waals surface area contributed by atoms with Gasteiger partial charge in [0.2, 0.25) is 5.91 Å². The molecule has 6 heteroatoms. The molecular formula is C18H25N3O3. The maximum Gasteiger partial charge on any atom is 0.408 e. The van der Waals surface area contributed by atoms with Crippen LogP contribution in [0.15, 0.2) is 30.5 Å². The van der Waals surface area contributed by atoms with Crippen LogP contribution in [0.5, 0.6) is 0 Å². The van der Waals surface area contributed by atoms with Gasteiger partial charge in [0, 0.05) is 37.6 Å². The summed E-state index contributed by atoms with van der Waals surface area (Å²) in [7, 11) is 3.34. The third kappa shape index (κ3) is 4.50. The molecule has 0 saturated heterocycles. The summed E-state index contributed by atoms with van der Waals surface area (Å²) < 4.78 is 5.28. The van der Waals surface area contributed by atoms with Gasteiger partial charge in [-0.3, -0.25) is 4.79 Å². The van der Waals surface area contributed by atoms with Crippen LogP contribution >= 0.6 is 0 Å². The number of rotatable bonds is 4. The number of likely N-dealkylation sites (N-methyl/N-ethyl adjacent to an activating group) is 1. The number of nitrogens with zero attached hydrogens (tertiary/aromatic N) is 1. The molecular weight excluding hydrogens is 306 g/mol. The van der Waals surface area contributed by atoms with Gasteiger partial charge in [0.15, 0.2) is 0 Å². The number of H-pyrrole nitrogens is 1. The molecule has 2 aromatic rings. The number of hydrogen-bond acceptors (Lipinski definition) is 3. The van der Waals surface area contributed by atoms with Gasteiger partial charge < -0.3 is 19.9 Å². The molecule has 0 bridgehead atoms. The smallest absolute Gasteiger partial charge is 0.408 e. The molecule has 0 aliphatic carbocycles. The number of carbonyl (C=O) groups is 2. The van der Waals surface area contributed by atoms with Gasteiger partial charge >= 0.3 is 6.09 Å². The number of aromatic amines is 1. The van der Waals surface area contributed by atoms with Gasteiger partial charge in [-0.15, -0.1) is 0 Å². The molecule has 0 unspecified atom stereocenters. The predicted octanol–water partition coefficient (Wildman–Crippen LogP) is 2.69. The second kappa shape index (κ2) is 6.95. The van der Waals surface area contributed by atoms with E-state index in [1.54, 1.807) is 34.9 Å². The largest absolute Gasteiger partial charge is 0.444 e. The molecule has 0 fully saturated rings. The Morgan fingerprint density at radius 1 is 1.25 bits per heavy atom. The Morgan fingerprint density at radius 3 is 2.54 bits per heavy atom. The number of fused-ring (bicyclic) bond motifs is 1. The van der Waals surface area contributed by atoms with Crippen molar-refractivity contribution < 1.29 is 14.3 Å². The second-order valence-corrected chi connectivity index (χ2v) is 7.00. The van der Waals surface area contributed by atoms with E-state index in [2.05, 4.69) is 10.3 Å². The Labute approximate surface area is 142 Å². The van der Waals surface area contributed by atoms with Gasteiger partial charge in [-0.25, -0.2) is 4.79 Å². The monoisotopic (exact) mass is 331 g/mol. The first-order valence-electron chi connectivity index (χ1n) is 7.93. The number of ether oxygens (including phenoxy) is 1. The van der Waals surface area contributed by atoms with Crippen molar-refractivity contribution in [3.05, 3.63) is 36.0 Å². The Morgan fingerprint density at radius 2 is 1.92 bits per heavy atom. The highest BCUT2D eigenvalue weighted by atomic mass is 16.6. The molecule has 1 heterocycles. The van der Waals surface area contributed by atoms with E-state index in [1.165, 1.54) is 4.90 Å². The van der Waals surface area contributed by atoms with Crippen LogP contribution in [0, 0.1) is 0 Å². The quantitative estimate of drug-likeness (QED) is 0.904. The van der Waals surface area contributed by atoms with Gasteiger partial charge in [-0.1, -0.05) is 18.2 Å². The number of alkyl carbamates (subject to hydrolysis) is 1. The summed E-state index contributed by atoms with van der Waals surface area (Å²) in [6.07, 6.45) is 1.67. The Hall–Kier alpha value is -2.50. The van der Waals surface area contributed by atoms with Crippen molar-refractivity contribution in [3.8, 4) is 0 Å². The maximum atomic E-state index is 12.5. The summed E-state index contributed by atoms with van der Waals surface area (Å²) in [6, 6.07) is 7.18. The molecule has 24 heavy (non-hydrogen) atoms. The van der Waals surface area contributed by atoms with Crippen LogP contribution in [0.4, 0.5) is 4.79 Å². The highest BCUT2D eigenvalue weighted by molar-refractivity contribution is 5.88. The first-order valence-corrected chi connectivity index (χ1v) is 7.93. The number of para-hydroxylation sites is 1. The highest BCUT2D eigenvalue weighted by Gasteiger charge is 2.26. The zero-order valence-electron chi connectivity index (χ0n) is 14.8. The van der Waals surface area contributed by atoms with Gasteiger partial charge in [0.25, 0.3) is 0 Å². The van der Waals surface area contributed by atoms with Crippen LogP contribution in [0.1, 0.15) is 26.3 Å². The van der Waals surface area contributed by atoms with Crippen molar-refractivity contribution >= 4 is 22.9 Å². The van der Waals surface area contributed by atoms with Crippen LogP contribution in [-0.2, 0) is 16.0 Å². The van der Waals surface area contributed by atoms with Crippen molar-refractivity contribution in [2.24, 2.45) is 0 Å². The SMILES string of the molecule is CN(C)C(=O)[C@@H](Cc1c[nH]c2ccccc12)NC(=O)OC(C)(C)C. The number of aromatic nitrogens is 1. The second-order valence-electron chi connectivity index (χ2n) is 7.00. The van der Waals surface area contributed by atoms with Crippen LogP contribution in [0.25, 0.3) is 10.9 Å². The molecule has 1 aromatic heterocycles. The Balaban J connectivity index is 2.20. The van der Waals surface area contributed by atoms with E-state index < -0.39 is 17.7 Å². The van der Waals surface area contributed by atoms with Crippen molar-refractivity contribution in [1.82, 2.24) is 15.2 Å². The first-order chi connectivity index (χ1) is 11.2. The fraction of sp³-hybridized carbons (Fsp3) is 0.444. The molecule has 2 rings (SSSR count). The molecule has 2 amide bonds. The normalized spacial score (nSPS) is 12.7. The van der Waals surface area contributed by atoms with Crippen molar-refractivity contribution in [3.63, 3.8) is 0 Å². The summed E-state index contributed by atoms with van der Waals surface area (Å²) in [5.41, 5.74) is 1.36. The molecule has 1 atom stereocenters. The van der Waals surface area contributed by atoms with Crippen LogP contribution in [0.3, 0.4) is 0 Å². The fourth-order valence-electron chi connectivity index (χ4n) is 2.48. The zero-order valence-corrected chi connectivity index (χ0v) is 14.8. The van der Waals surface area contributed by atoms with E-state index in [9.17, 15) is 9.59 Å². The van der Waals surface area contributed by atoms with Crippen LogP contribution in [0.2, 0.25) is 0 Å². The lowest BCUT2D eigenvalue weighted by atomic mass is 10.0. The van der Waals surface area contributed by atoms with Crippen LogP contribution < -0.4 is 5.32 Å². The lowest BCUT2D eigenvalue weighted by molar-refractivity contribution is -0.130. The van der Waals surface area contributed by atoms with Gasteiger partial charge in [-0.05, 0) is 32.4 Å². The summed E-state index contributed by atoms with van der Waals surface area (Å²) in [6.45, 7) is 5.36. The average Bonchev–Trinajstić information content (AvgIpc) is 2.87. The summed E-state index contributed by atoms with van der Waals surface area (Å²) in [4.78, 5) is 29.2. The van der Waals surface area contributed by atoms with Gasteiger partial charge in [-0.2, -0.15) is 0 Å². The molecule has 0 saturated carbocycles. The molecule has 0 spiro atoms. The number of amides is 2. The van der Waals surface area contributed by atoms with E-state index in [-0.39, 0.29) is 5.91 Å². The van der Waals surface area contributed by atoms with Crippen molar-refractivity contribution in [1.29, 1.82) is 0 Å². The zero-order chi connectivity index (χ0) is 17.9. The number of carbonyl (C=O) groups excluding carboxylic acids is 2. The third-order valence-corrected chi connectivity index (χ3v) is 3.53. The predicted molar refractivity (Wildman–Crippen MR) is 93.9 cm³/mol. The molecule has 0 aliphatic rings. The molecule has 0 aliphatic heterocycles. The molecule has 6 nitrogen and oxygen atoms in total. The lowest BCUT2D eigenvalue weighted by Gasteiger charge is -2.24. The maximum absolute atomic E-state index is 12.5. The van der Waals surface area contributed by atoms with Crippen molar-refractivity contribution in [2.75, 3.05) is 14.1 Å². The van der Waals surface area contributed by atoms with E-state index >= 15 is 0 Å². The average molecular weight is 331 g/mol. The minimum atomic E-state index is -0.686. The van der Waals surface area contributed by atoms with Gasteiger partial charge in [0.1, 0.15) is 11.6 Å². The molecule has 2 N–H and O–H groups in total. The molecule has 1 aromatic carbocycles. The fourth-order valence-corrected chi connectivity index (χ4v) is 2.48. The highest BCUT2D eigenvalue weighted by Crippen LogP contribution is 2.19. The van der Waals surface area contributed by atoms with E-state index in [4.69, 9.17) is 4.74 Å². The van der Waals surface area contributed by atoms with Crippen molar-refractivity contribution in [2.45, 2.75) is 38.8 Å². The minimum absolute atomic E-state index is 0.175. The lowest BCUT2D eigenvalue weighted by Crippen LogP contribution is -2.48.